The first-order valence-corrected chi connectivity index (χ1v) is 44.4. The number of esters is 4. The van der Waals surface area contributed by atoms with Crippen LogP contribution in [0, 0.1) is 17.8 Å². The maximum absolute atomic E-state index is 13.1. The quantitative estimate of drug-likeness (QED) is 0.0222. The van der Waals surface area contributed by atoms with Crippen molar-refractivity contribution >= 4 is 39.5 Å². The van der Waals surface area contributed by atoms with Crippen LogP contribution in [0.25, 0.3) is 0 Å². The number of aliphatic hydroxyl groups is 1. The Hall–Kier alpha value is -1.94. The molecule has 19 heteroatoms. The van der Waals surface area contributed by atoms with Crippen molar-refractivity contribution in [3.63, 3.8) is 0 Å². The molecular formula is C80H156O17P2. The molecule has 7 atom stereocenters. The minimum absolute atomic E-state index is 0.105. The predicted octanol–water partition coefficient (Wildman–Crippen LogP) is 23.7. The number of unbranched alkanes of at least 4 members (excludes halogenated alkanes) is 44. The molecule has 0 spiro atoms. The van der Waals surface area contributed by atoms with E-state index in [9.17, 15) is 43.2 Å². The van der Waals surface area contributed by atoms with Gasteiger partial charge in [0.15, 0.2) is 12.2 Å². The number of phosphoric ester groups is 2. The molecule has 17 nitrogen and oxygen atoms in total. The summed E-state index contributed by atoms with van der Waals surface area (Å²) in [7, 11) is -9.92. The smallest absolute Gasteiger partial charge is 0.462 e. The molecule has 4 unspecified atom stereocenters. The van der Waals surface area contributed by atoms with Gasteiger partial charge in [-0.1, -0.05) is 363 Å². The van der Waals surface area contributed by atoms with Crippen LogP contribution < -0.4 is 0 Å². The third-order valence-electron chi connectivity index (χ3n) is 19.4. The van der Waals surface area contributed by atoms with Gasteiger partial charge in [0.05, 0.1) is 26.4 Å². The van der Waals surface area contributed by atoms with Crippen LogP contribution in [0.15, 0.2) is 0 Å². The van der Waals surface area contributed by atoms with Crippen LogP contribution in [0.1, 0.15) is 414 Å². The number of hydrogen-bond donors (Lipinski definition) is 3. The van der Waals surface area contributed by atoms with E-state index < -0.39 is 97.5 Å². The lowest BCUT2D eigenvalue weighted by molar-refractivity contribution is -0.161. The molecule has 588 valence electrons. The normalized spacial score (nSPS) is 14.5. The Morgan fingerprint density at radius 1 is 0.293 bits per heavy atom. The average molecular weight is 1450 g/mol. The van der Waals surface area contributed by atoms with E-state index in [1.807, 2.05) is 0 Å². The van der Waals surface area contributed by atoms with Gasteiger partial charge in [-0.05, 0) is 43.4 Å². The van der Waals surface area contributed by atoms with Crippen LogP contribution in [0.4, 0.5) is 0 Å². The maximum Gasteiger partial charge on any atom is 0.472 e. The van der Waals surface area contributed by atoms with Crippen LogP contribution in [0.3, 0.4) is 0 Å². The van der Waals surface area contributed by atoms with Gasteiger partial charge in [0.1, 0.15) is 19.3 Å². The summed E-state index contributed by atoms with van der Waals surface area (Å²) in [5, 5.41) is 10.6. The topological polar surface area (TPSA) is 237 Å². The van der Waals surface area contributed by atoms with Gasteiger partial charge in [0.2, 0.25) is 0 Å². The predicted molar refractivity (Wildman–Crippen MR) is 405 cm³/mol. The SMILES string of the molecule is CCCCCCCCCCCCCCCCCCCCC(=O)OC[C@H](COP(=O)(O)OC[C@@H](O)COP(=O)(O)OC[C@@H](COC(=O)CCCCCCCCC(C)CC)OC(=O)CCCCCCCCCCCCC(C)C)OC(=O)CCCCCCCCCCCCCCCCC(C)CC. The fraction of sp³-hybridized carbons (Fsp3) is 0.950. The van der Waals surface area contributed by atoms with Crippen molar-refractivity contribution in [1.82, 2.24) is 0 Å². The van der Waals surface area contributed by atoms with E-state index in [1.54, 1.807) is 0 Å². The molecule has 0 saturated heterocycles. The van der Waals surface area contributed by atoms with Gasteiger partial charge >= 0.3 is 39.5 Å². The Bertz CT molecular complexity index is 1930. The molecule has 0 amide bonds. The molecule has 0 aliphatic carbocycles. The van der Waals surface area contributed by atoms with Crippen LogP contribution in [0.5, 0.6) is 0 Å². The van der Waals surface area contributed by atoms with E-state index in [1.165, 1.54) is 218 Å². The summed E-state index contributed by atoms with van der Waals surface area (Å²) in [6, 6.07) is 0. The molecule has 0 aromatic heterocycles. The highest BCUT2D eigenvalue weighted by Crippen LogP contribution is 2.45. The van der Waals surface area contributed by atoms with E-state index in [2.05, 4.69) is 48.5 Å². The second-order valence-corrected chi connectivity index (χ2v) is 32.7. The van der Waals surface area contributed by atoms with Gasteiger partial charge in [-0.15, -0.1) is 0 Å². The summed E-state index contributed by atoms with van der Waals surface area (Å²) in [4.78, 5) is 73.0. The van der Waals surface area contributed by atoms with Crippen molar-refractivity contribution in [1.29, 1.82) is 0 Å². The minimum Gasteiger partial charge on any atom is -0.462 e. The lowest BCUT2D eigenvalue weighted by atomic mass is 9.99. The van der Waals surface area contributed by atoms with Gasteiger partial charge in [-0.25, -0.2) is 9.13 Å². The minimum atomic E-state index is -4.96. The average Bonchev–Trinajstić information content (AvgIpc) is 2.96. The zero-order chi connectivity index (χ0) is 73.0. The van der Waals surface area contributed by atoms with E-state index in [0.29, 0.717) is 25.7 Å². The Morgan fingerprint density at radius 2 is 0.515 bits per heavy atom. The number of carbonyl (C=O) groups is 4. The summed E-state index contributed by atoms with van der Waals surface area (Å²) < 4.78 is 68.7. The molecule has 0 saturated carbocycles. The monoisotopic (exact) mass is 1450 g/mol. The Kier molecular flexibility index (Phi) is 69.0. The van der Waals surface area contributed by atoms with Gasteiger partial charge in [0.25, 0.3) is 0 Å². The lowest BCUT2D eigenvalue weighted by Crippen LogP contribution is -2.30. The summed E-state index contributed by atoms with van der Waals surface area (Å²) in [5.41, 5.74) is 0. The highest BCUT2D eigenvalue weighted by atomic mass is 31.2. The standard InChI is InChI=1S/C80H156O17P2/c1-8-11-12-13-14-15-16-17-18-19-20-21-25-28-34-39-47-54-61-77(82)90-67-75(96-79(84)63-56-49-40-35-29-26-23-22-24-27-33-38-45-52-59-72(6)9-2)69-94-98(86,87)92-65-74(81)66-93-99(88,89)95-70-76(68-91-78(83)62-55-48-43-42-46-53-60-73(7)10-3)97-80(85)64-57-50-41-36-31-30-32-37-44-51-58-71(4)5/h71-76,81H,8-70H2,1-7H3,(H,86,87)(H,88,89)/t72?,73?,74-,75-,76-/m1/s1. The number of phosphoric acid groups is 2. The summed E-state index contributed by atoms with van der Waals surface area (Å²) in [6.07, 6.45) is 58.3. The fourth-order valence-corrected chi connectivity index (χ4v) is 13.8. The van der Waals surface area contributed by atoms with Crippen molar-refractivity contribution in [2.75, 3.05) is 39.6 Å². The molecule has 0 aromatic rings. The van der Waals surface area contributed by atoms with Crippen molar-refractivity contribution in [2.24, 2.45) is 17.8 Å². The van der Waals surface area contributed by atoms with Crippen molar-refractivity contribution < 1.29 is 80.2 Å². The Labute approximate surface area is 607 Å². The van der Waals surface area contributed by atoms with Crippen LogP contribution in [0.2, 0.25) is 0 Å². The largest absolute Gasteiger partial charge is 0.472 e. The van der Waals surface area contributed by atoms with Crippen molar-refractivity contribution in [2.45, 2.75) is 433 Å². The molecule has 3 N–H and O–H groups in total. The molecule has 99 heavy (non-hydrogen) atoms. The summed E-state index contributed by atoms with van der Waals surface area (Å²) >= 11 is 0. The first kappa shape index (κ1) is 97.1. The maximum atomic E-state index is 13.1. The number of aliphatic hydroxyl groups excluding tert-OH is 1. The third-order valence-corrected chi connectivity index (χ3v) is 21.3. The van der Waals surface area contributed by atoms with Crippen LogP contribution in [-0.4, -0.2) is 96.7 Å². The van der Waals surface area contributed by atoms with Gasteiger partial charge < -0.3 is 33.8 Å². The van der Waals surface area contributed by atoms with Crippen LogP contribution >= 0.6 is 15.6 Å². The number of hydrogen-bond acceptors (Lipinski definition) is 15. The van der Waals surface area contributed by atoms with Crippen LogP contribution in [-0.2, 0) is 65.4 Å². The molecule has 0 heterocycles. The Morgan fingerprint density at radius 3 is 0.768 bits per heavy atom. The van der Waals surface area contributed by atoms with Crippen molar-refractivity contribution in [3.05, 3.63) is 0 Å². The van der Waals surface area contributed by atoms with E-state index >= 15 is 0 Å². The third kappa shape index (κ3) is 71.5. The highest BCUT2D eigenvalue weighted by molar-refractivity contribution is 7.47. The first-order chi connectivity index (χ1) is 47.8. The second kappa shape index (κ2) is 70.4. The molecule has 0 bridgehead atoms. The highest BCUT2D eigenvalue weighted by Gasteiger charge is 2.30. The van der Waals surface area contributed by atoms with Gasteiger partial charge in [-0.2, -0.15) is 0 Å². The molecule has 0 radical (unpaired) electrons. The molecule has 0 aliphatic rings. The van der Waals surface area contributed by atoms with E-state index in [-0.39, 0.29) is 25.7 Å². The zero-order valence-corrected chi connectivity index (χ0v) is 66.8. The number of rotatable bonds is 78. The van der Waals surface area contributed by atoms with E-state index in [4.69, 9.17) is 37.0 Å². The zero-order valence-electron chi connectivity index (χ0n) is 65.0. The Balaban J connectivity index is 5.25. The summed E-state index contributed by atoms with van der Waals surface area (Å²) in [6.45, 7) is 11.9. The van der Waals surface area contributed by atoms with E-state index in [0.717, 1.165) is 114 Å². The number of ether oxygens (including phenoxy) is 4. The second-order valence-electron chi connectivity index (χ2n) is 29.8. The molecule has 0 aromatic carbocycles. The molecular weight excluding hydrogens is 1290 g/mol. The molecule has 0 rings (SSSR count). The lowest BCUT2D eigenvalue weighted by Gasteiger charge is -2.21. The van der Waals surface area contributed by atoms with Gasteiger partial charge in [-0.3, -0.25) is 37.3 Å². The van der Waals surface area contributed by atoms with Crippen molar-refractivity contribution in [3.8, 4) is 0 Å². The molecule has 0 fully saturated rings. The van der Waals surface area contributed by atoms with Gasteiger partial charge in [0, 0.05) is 25.7 Å². The summed E-state index contributed by atoms with van der Waals surface area (Å²) in [5.74, 6) is 0.215. The number of carbonyl (C=O) groups excluding carboxylic acids is 4. The fourth-order valence-electron chi connectivity index (χ4n) is 12.2. The first-order valence-electron chi connectivity index (χ1n) is 41.4. The molecule has 0 aliphatic heterocycles.